The van der Waals surface area contributed by atoms with Gasteiger partial charge in [0, 0.05) is 18.9 Å². The van der Waals surface area contributed by atoms with E-state index in [1.165, 1.54) is 34.0 Å². The van der Waals surface area contributed by atoms with Crippen molar-refractivity contribution in [2.75, 3.05) is 18.6 Å². The summed E-state index contributed by atoms with van der Waals surface area (Å²) in [7, 11) is 1.65. The van der Waals surface area contributed by atoms with Crippen molar-refractivity contribution in [3.63, 3.8) is 0 Å². The van der Waals surface area contributed by atoms with E-state index in [1.807, 2.05) is 23.1 Å². The highest BCUT2D eigenvalue weighted by Crippen LogP contribution is 2.48. The second-order valence-corrected chi connectivity index (χ2v) is 11.4. The number of rotatable bonds is 6. The number of thioether (sulfide) groups is 1. The molecule has 0 aromatic heterocycles. The lowest BCUT2D eigenvalue weighted by atomic mass is 9.70. The zero-order chi connectivity index (χ0) is 24.1. The molecule has 4 aliphatic rings. The zero-order valence-electron chi connectivity index (χ0n) is 19.4. The van der Waals surface area contributed by atoms with Crippen LogP contribution in [0, 0.1) is 5.92 Å². The molecule has 6 rings (SSSR count). The van der Waals surface area contributed by atoms with Crippen LogP contribution in [0.3, 0.4) is 0 Å². The number of hydrogen-bond acceptors (Lipinski definition) is 5. The van der Waals surface area contributed by atoms with Crippen molar-refractivity contribution in [3.8, 4) is 5.75 Å². The predicted octanol–water partition coefficient (Wildman–Crippen LogP) is 4.54. The maximum atomic E-state index is 13.3. The molecule has 178 valence electrons. The van der Waals surface area contributed by atoms with E-state index in [1.54, 1.807) is 7.11 Å². The van der Waals surface area contributed by atoms with Crippen molar-refractivity contribution in [2.24, 2.45) is 5.92 Å². The molecule has 7 heteroatoms. The van der Waals surface area contributed by atoms with Gasteiger partial charge in [-0.25, -0.2) is 0 Å². The molecule has 35 heavy (non-hydrogen) atoms. The number of methoxy groups -OCH3 is 1. The maximum absolute atomic E-state index is 13.3. The first-order valence-electron chi connectivity index (χ1n) is 11.9. The average molecular weight is 503 g/mol. The molecule has 1 N–H and O–H groups in total. The fourth-order valence-corrected chi connectivity index (χ4v) is 7.05. The standard InChI is InChI=1S/C28H26N2O3S2/c1-33-23-11-8-18(14-24-27(32)29-28(34)35-24)20-10-12-25(31)30(26(20)23)15-22-17-7-9-19(21(22)13-17)16-5-3-2-4-6-16/h2-9,11,13,22,24,28,34H,10,12,14-15H2,1H3,(H,29,32). The largest absolute Gasteiger partial charge is 0.495 e. The molecule has 2 bridgehead atoms. The van der Waals surface area contributed by atoms with Gasteiger partial charge in [0.25, 0.3) is 0 Å². The van der Waals surface area contributed by atoms with Crippen molar-refractivity contribution in [2.45, 2.75) is 29.2 Å². The van der Waals surface area contributed by atoms with E-state index < -0.39 is 0 Å². The summed E-state index contributed by atoms with van der Waals surface area (Å²) in [6.07, 6.45) is 8.32. The number of fused-ring (bicyclic) bond motifs is 3. The van der Waals surface area contributed by atoms with E-state index >= 15 is 0 Å². The molecule has 2 aliphatic carbocycles. The molecule has 2 amide bonds. The molecule has 0 saturated carbocycles. The molecule has 2 heterocycles. The number of amides is 2. The Hall–Kier alpha value is -2.90. The second-order valence-electron chi connectivity index (χ2n) is 9.21. The summed E-state index contributed by atoms with van der Waals surface area (Å²) in [4.78, 5) is 27.5. The van der Waals surface area contributed by atoms with E-state index in [0.29, 0.717) is 31.6 Å². The summed E-state index contributed by atoms with van der Waals surface area (Å²) in [6.45, 7) is 0.588. The Bertz CT molecular complexity index is 1310. The highest BCUT2D eigenvalue weighted by molar-refractivity contribution is 8.11. The summed E-state index contributed by atoms with van der Waals surface area (Å²) >= 11 is 5.93. The minimum atomic E-state index is -0.180. The summed E-state index contributed by atoms with van der Waals surface area (Å²) < 4.78 is 5.57. The quantitative estimate of drug-likeness (QED) is 0.570. The number of nitrogens with one attached hydrogen (secondary N) is 1. The zero-order valence-corrected chi connectivity index (χ0v) is 21.1. The Morgan fingerprint density at radius 2 is 1.94 bits per heavy atom. The van der Waals surface area contributed by atoms with Gasteiger partial charge in [0.2, 0.25) is 11.8 Å². The van der Waals surface area contributed by atoms with Crippen LogP contribution in [0.1, 0.15) is 23.1 Å². The van der Waals surface area contributed by atoms with Gasteiger partial charge in [0.1, 0.15) is 10.5 Å². The molecule has 0 radical (unpaired) electrons. The molecular weight excluding hydrogens is 476 g/mol. The van der Waals surface area contributed by atoms with Gasteiger partial charge in [0.15, 0.2) is 0 Å². The highest BCUT2D eigenvalue weighted by atomic mass is 32.2. The van der Waals surface area contributed by atoms with Crippen molar-refractivity contribution < 1.29 is 14.3 Å². The number of thiol groups is 1. The highest BCUT2D eigenvalue weighted by Gasteiger charge is 2.38. The average Bonchev–Trinajstić information content (AvgIpc) is 3.20. The lowest BCUT2D eigenvalue weighted by Gasteiger charge is -2.41. The molecule has 5 nitrogen and oxygen atoms in total. The van der Waals surface area contributed by atoms with Gasteiger partial charge in [-0.2, -0.15) is 0 Å². The number of carbonyl (C=O) groups is 2. The van der Waals surface area contributed by atoms with Crippen LogP contribution >= 0.6 is 24.4 Å². The van der Waals surface area contributed by atoms with Crippen LogP contribution in [0.5, 0.6) is 5.75 Å². The van der Waals surface area contributed by atoms with Crippen molar-refractivity contribution in [1.82, 2.24) is 5.32 Å². The second kappa shape index (κ2) is 8.95. The third-order valence-electron chi connectivity index (χ3n) is 7.28. The molecule has 3 unspecified atom stereocenters. The van der Waals surface area contributed by atoms with Crippen LogP contribution in [-0.2, 0) is 22.4 Å². The first-order chi connectivity index (χ1) is 17.0. The van der Waals surface area contributed by atoms with E-state index in [2.05, 4.69) is 60.4 Å². The first-order valence-corrected chi connectivity index (χ1v) is 13.3. The molecule has 2 aliphatic heterocycles. The number of benzene rings is 2. The molecule has 1 fully saturated rings. The Labute approximate surface area is 214 Å². The molecule has 2 aromatic rings. The van der Waals surface area contributed by atoms with Crippen LogP contribution < -0.4 is 15.0 Å². The maximum Gasteiger partial charge on any atom is 0.235 e. The van der Waals surface area contributed by atoms with E-state index in [0.717, 1.165) is 16.8 Å². The summed E-state index contributed by atoms with van der Waals surface area (Å²) in [5.41, 5.74) is 8.04. The van der Waals surface area contributed by atoms with Crippen LogP contribution in [0.25, 0.3) is 5.57 Å². The molecule has 2 aromatic carbocycles. The third kappa shape index (κ3) is 3.91. The van der Waals surface area contributed by atoms with Gasteiger partial charge < -0.3 is 15.0 Å². The predicted molar refractivity (Wildman–Crippen MR) is 144 cm³/mol. The number of hydrogen-bond donors (Lipinski definition) is 2. The normalized spacial score (nSPS) is 24.7. The number of carbonyl (C=O) groups excluding carboxylic acids is 2. The number of nitrogens with zero attached hydrogens (tertiary/aromatic N) is 1. The van der Waals surface area contributed by atoms with Crippen molar-refractivity contribution >= 4 is 47.5 Å². The van der Waals surface area contributed by atoms with E-state index in [9.17, 15) is 9.59 Å². The van der Waals surface area contributed by atoms with Gasteiger partial charge in [-0.3, -0.25) is 9.59 Å². The number of allylic oxidation sites excluding steroid dienone is 4. The Balaban J connectivity index is 1.31. The van der Waals surface area contributed by atoms with Crippen LogP contribution in [0.15, 0.2) is 71.8 Å². The van der Waals surface area contributed by atoms with Gasteiger partial charge in [-0.05, 0) is 52.3 Å². The lowest BCUT2D eigenvalue weighted by Crippen LogP contribution is -2.42. The topological polar surface area (TPSA) is 58.6 Å². The van der Waals surface area contributed by atoms with Crippen molar-refractivity contribution in [3.05, 3.63) is 88.5 Å². The smallest absolute Gasteiger partial charge is 0.235 e. The summed E-state index contributed by atoms with van der Waals surface area (Å²) in [5, 5.41) is 2.69. The minimum Gasteiger partial charge on any atom is -0.495 e. The Morgan fingerprint density at radius 1 is 1.11 bits per heavy atom. The summed E-state index contributed by atoms with van der Waals surface area (Å²) in [6, 6.07) is 14.4. The van der Waals surface area contributed by atoms with E-state index in [4.69, 9.17) is 4.74 Å². The van der Waals surface area contributed by atoms with Gasteiger partial charge >= 0.3 is 0 Å². The molecule has 1 saturated heterocycles. The third-order valence-corrected chi connectivity index (χ3v) is 8.86. The van der Waals surface area contributed by atoms with Crippen LogP contribution in [0.2, 0.25) is 0 Å². The van der Waals surface area contributed by atoms with Crippen LogP contribution in [0.4, 0.5) is 5.69 Å². The van der Waals surface area contributed by atoms with Gasteiger partial charge in [-0.1, -0.05) is 54.6 Å². The molecule has 0 spiro atoms. The fraction of sp³-hybridized carbons (Fsp3) is 0.286. The lowest BCUT2D eigenvalue weighted by molar-refractivity contribution is -0.120. The van der Waals surface area contributed by atoms with E-state index in [-0.39, 0.29) is 27.7 Å². The number of anilines is 1. The molecule has 3 atom stereocenters. The summed E-state index contributed by atoms with van der Waals surface area (Å²) in [5.74, 6) is 1.02. The van der Waals surface area contributed by atoms with Crippen LogP contribution in [-0.4, -0.2) is 35.4 Å². The van der Waals surface area contributed by atoms with Gasteiger partial charge in [-0.15, -0.1) is 24.4 Å². The number of ether oxygens (including phenoxy) is 1. The SMILES string of the molecule is COc1ccc(CC2SC(S)NC2=O)c2c1N(CC1c3ccc(-c4ccccc4)c1c3)C(=O)CC2. The fourth-order valence-electron chi connectivity index (χ4n) is 5.52. The van der Waals surface area contributed by atoms with Gasteiger partial charge in [0.05, 0.1) is 18.0 Å². The Morgan fingerprint density at radius 3 is 2.66 bits per heavy atom. The van der Waals surface area contributed by atoms with Crippen molar-refractivity contribution in [1.29, 1.82) is 0 Å². The Kier molecular flexibility index (Phi) is 5.77. The monoisotopic (exact) mass is 502 g/mol. The minimum absolute atomic E-state index is 0.0182. The first kappa shape index (κ1) is 22.6. The molecular formula is C28H26N2O3S2.